The molecule has 3 N–H and O–H groups in total. The number of carbonyl (C=O) groups is 8. The molecule has 4 aromatic rings. The van der Waals surface area contributed by atoms with Crippen LogP contribution < -0.4 is 28.8 Å². The van der Waals surface area contributed by atoms with E-state index in [0.29, 0.717) is 153 Å². The number of likely N-dealkylation sites (tertiary alicyclic amines) is 2. The highest BCUT2D eigenvalue weighted by Gasteiger charge is 2.63. The van der Waals surface area contributed by atoms with Gasteiger partial charge >= 0.3 is 38.5 Å². The highest BCUT2D eigenvalue weighted by Crippen LogP contribution is 2.59. The molecular formula is C79H108Cl2N6O23S2. The van der Waals surface area contributed by atoms with Crippen molar-refractivity contribution in [2.45, 2.75) is 233 Å². The monoisotopic (exact) mass is 1640 g/mol. The Bertz CT molecular complexity index is 4330. The normalized spacial score (nSPS) is 24.6. The van der Waals surface area contributed by atoms with Crippen LogP contribution in [0.2, 0.25) is 10.0 Å². The first-order valence-corrected chi connectivity index (χ1v) is 42.6. The first-order chi connectivity index (χ1) is 52.9. The smallest absolute Gasteiger partial charge is 0.362 e. The number of esters is 3. The Hall–Kier alpha value is -7.10. The standard InChI is InChI=1S/C39H52ClN3O11S.C37H49ClN2O9.C3H7NO3S/c1-6-24-20-39(24,37(47)42-55(48,49)54-25-11-12-25)21-31(44)30-17-26(52-32-19-33(51-7-2)41-35-27(32)9-8-10-29(35)40)22-43(30)36(46)28(23-13-15-50-16-14-23)18-34(45)53-38(3,4)5;1-7-23-19-37(23,35(44)45-6)20-29(41)28-16-24(48-30-18-31(47-8-2)39-33-25(30)10-9-11-27(33)38)21-40(28)34(43)26(22-12-14-46-15-13-22)17-32(42)49-36(3,4)5;4-8(5,6)7-3-1-2-3/h8-10,19,23-26,28,30H,6-7,11-18,20-22H2,1-5H3,(H,42,47);9-11,18,22-24,26,28H,7-8,12-17,19-21H2,1-6H3;3H,1-2H2,(H2,4,5,6)/t24-,26-,28+,30+,39-;23-,24-,26+,28+,37-;/m11./s1. The molecule has 12 rings (SSSR count). The van der Waals surface area contributed by atoms with Gasteiger partial charge in [0.15, 0.2) is 11.6 Å². The summed E-state index contributed by atoms with van der Waals surface area (Å²) in [6.45, 7) is 20.9. The molecule has 0 unspecified atom stereocenters. The quantitative estimate of drug-likeness (QED) is 0.0349. The summed E-state index contributed by atoms with van der Waals surface area (Å²) in [5, 5.41) is 6.64. The molecule has 618 valence electrons. The molecule has 4 aliphatic carbocycles. The van der Waals surface area contributed by atoms with Gasteiger partial charge in [-0.25, -0.2) is 19.8 Å². The number of rotatable bonds is 31. The molecule has 8 fully saturated rings. The zero-order valence-electron chi connectivity index (χ0n) is 65.8. The minimum absolute atomic E-state index is 0.0115. The first kappa shape index (κ1) is 87.3. The number of benzene rings is 2. The van der Waals surface area contributed by atoms with Gasteiger partial charge in [0.25, 0.3) is 0 Å². The van der Waals surface area contributed by atoms with Crippen LogP contribution in [0.3, 0.4) is 0 Å². The Kier molecular flexibility index (Phi) is 28.7. The summed E-state index contributed by atoms with van der Waals surface area (Å²) in [6, 6.07) is 12.1. The molecule has 3 amide bonds. The number of amides is 3. The summed E-state index contributed by atoms with van der Waals surface area (Å²) in [6.07, 6.45) is 5.13. The molecule has 4 saturated heterocycles. The highest BCUT2D eigenvalue weighted by molar-refractivity contribution is 7.85. The van der Waals surface area contributed by atoms with Crippen LogP contribution in [0.5, 0.6) is 23.3 Å². The van der Waals surface area contributed by atoms with Gasteiger partial charge in [0.05, 0.1) is 114 Å². The minimum Gasteiger partial charge on any atom is -0.488 e. The number of carbonyl (C=O) groups excluding carboxylic acids is 8. The van der Waals surface area contributed by atoms with E-state index >= 15 is 0 Å². The molecule has 0 radical (unpaired) electrons. The number of nitrogens with one attached hydrogen (secondary N) is 1. The van der Waals surface area contributed by atoms with Crippen LogP contribution in [0.1, 0.15) is 185 Å². The van der Waals surface area contributed by atoms with E-state index in [1.54, 1.807) is 82.8 Å². The fourth-order valence-electron chi connectivity index (χ4n) is 15.8. The van der Waals surface area contributed by atoms with Gasteiger partial charge in [-0.3, -0.25) is 46.7 Å². The number of fused-ring (bicyclic) bond motifs is 2. The van der Waals surface area contributed by atoms with Crippen molar-refractivity contribution in [2.75, 3.05) is 59.8 Å². The second-order valence-corrected chi connectivity index (χ2v) is 35.7. The Labute approximate surface area is 665 Å². The van der Waals surface area contributed by atoms with Gasteiger partial charge in [-0.2, -0.15) is 16.8 Å². The number of aromatic nitrogens is 2. The van der Waals surface area contributed by atoms with Crippen LogP contribution in [0.25, 0.3) is 21.8 Å². The topological polar surface area (TPSA) is 377 Å². The van der Waals surface area contributed by atoms with Crippen molar-refractivity contribution in [1.82, 2.24) is 24.5 Å². The van der Waals surface area contributed by atoms with E-state index < -0.39 is 114 Å². The average Bonchev–Trinajstić information content (AvgIpc) is 1.58. The lowest BCUT2D eigenvalue weighted by atomic mass is 9.82. The fraction of sp³-hybridized carbons (Fsp3) is 0.671. The SMILES string of the molecule is CCOc1cc(O[C@@H]2C[C@@H](C(=O)C[C@]3(C(=O)NS(=O)(=O)OC4CC4)C[C@H]3CC)N(C(=O)[C@@H](CC(=O)OC(C)(C)C)C3CCOCC3)C2)c2cccc(Cl)c2n1.CCOc1cc(O[C@@H]2C[C@@H](C(=O)C[C@]3(C(=O)OC)C[C@H]3CC)N(C(=O)[C@@H](CC(=O)OC(C)(C)C)C3CCOCC3)C2)c2cccc(Cl)c2n1.NS(=O)(=O)OC1CC1. The van der Waals surface area contributed by atoms with Gasteiger partial charge in [0, 0.05) is 75.0 Å². The summed E-state index contributed by atoms with van der Waals surface area (Å²) < 4.78 is 109. The van der Waals surface area contributed by atoms with E-state index in [1.807, 2.05) is 39.8 Å². The molecule has 10 atom stereocenters. The Morgan fingerprint density at radius 3 is 1.35 bits per heavy atom. The van der Waals surface area contributed by atoms with E-state index in [9.17, 15) is 55.2 Å². The highest BCUT2D eigenvalue weighted by atomic mass is 35.5. The molecule has 2 aromatic heterocycles. The van der Waals surface area contributed by atoms with Gasteiger partial charge in [-0.15, -0.1) is 0 Å². The summed E-state index contributed by atoms with van der Waals surface area (Å²) >= 11 is 13.0. The van der Waals surface area contributed by atoms with E-state index in [-0.39, 0.29) is 99.0 Å². The fourth-order valence-corrected chi connectivity index (χ4v) is 17.9. The van der Waals surface area contributed by atoms with Crippen LogP contribution in [-0.4, -0.2) is 191 Å². The third-order valence-corrected chi connectivity index (χ3v) is 23.8. The second kappa shape index (κ2) is 36.8. The Morgan fingerprint density at radius 2 is 0.991 bits per heavy atom. The van der Waals surface area contributed by atoms with Gasteiger partial charge < -0.3 is 52.4 Å². The number of ketones is 2. The minimum atomic E-state index is -4.37. The van der Waals surface area contributed by atoms with Crippen molar-refractivity contribution in [2.24, 2.45) is 51.5 Å². The third kappa shape index (κ3) is 22.9. The summed E-state index contributed by atoms with van der Waals surface area (Å²) in [7, 11) is -6.69. The van der Waals surface area contributed by atoms with Crippen molar-refractivity contribution in [3.05, 3.63) is 58.6 Å². The molecule has 8 aliphatic rings. The Morgan fingerprint density at radius 1 is 0.589 bits per heavy atom. The molecule has 33 heteroatoms. The maximum absolute atomic E-state index is 14.8. The molecule has 2 aromatic carbocycles. The number of nitrogens with zero attached hydrogens (tertiary/aromatic N) is 4. The van der Waals surface area contributed by atoms with E-state index in [0.717, 1.165) is 19.3 Å². The maximum Gasteiger partial charge on any atom is 0.362 e. The molecule has 112 heavy (non-hydrogen) atoms. The number of hydrogen-bond donors (Lipinski definition) is 2. The molecule has 0 bridgehead atoms. The zero-order valence-corrected chi connectivity index (χ0v) is 68.9. The largest absolute Gasteiger partial charge is 0.488 e. The molecular weight excluding hydrogens is 1540 g/mol. The van der Waals surface area contributed by atoms with Gasteiger partial charge in [-0.1, -0.05) is 62.0 Å². The molecule has 0 spiro atoms. The molecule has 4 aliphatic heterocycles. The molecule has 6 heterocycles. The number of ether oxygens (including phenoxy) is 9. The zero-order chi connectivity index (χ0) is 81.4. The van der Waals surface area contributed by atoms with Crippen molar-refractivity contribution < 1.29 is 106 Å². The number of para-hydroxylation sites is 2. The lowest BCUT2D eigenvalue weighted by Crippen LogP contribution is -2.48. The summed E-state index contributed by atoms with van der Waals surface area (Å²) in [5.74, 6) is -4.02. The van der Waals surface area contributed by atoms with Crippen molar-refractivity contribution in [3.8, 4) is 23.3 Å². The number of nitrogens with two attached hydrogens (primary N) is 1. The van der Waals surface area contributed by atoms with Crippen LogP contribution in [0.4, 0.5) is 0 Å². The van der Waals surface area contributed by atoms with Crippen molar-refractivity contribution in [3.63, 3.8) is 0 Å². The lowest BCUT2D eigenvalue weighted by molar-refractivity contribution is -0.161. The predicted octanol–water partition coefficient (Wildman–Crippen LogP) is 10.7. The van der Waals surface area contributed by atoms with Crippen LogP contribution >= 0.6 is 23.2 Å². The van der Waals surface area contributed by atoms with Crippen molar-refractivity contribution >= 4 is 113 Å². The van der Waals surface area contributed by atoms with Crippen LogP contribution in [-0.2, 0) is 91.0 Å². The summed E-state index contributed by atoms with van der Waals surface area (Å²) in [4.78, 5) is 124. The van der Waals surface area contributed by atoms with Gasteiger partial charge in [0.1, 0.15) is 34.9 Å². The second-order valence-electron chi connectivity index (χ2n) is 32.4. The number of Topliss-reactive ketones (excluding diaryl/α,β-unsaturated/α-hetero) is 2. The number of hydrogen-bond acceptors (Lipinski definition) is 25. The Balaban J connectivity index is 0.000000217. The number of halogens is 2. The van der Waals surface area contributed by atoms with Crippen LogP contribution in [0, 0.1) is 46.3 Å². The first-order valence-electron chi connectivity index (χ1n) is 39.0. The number of methoxy groups -OCH3 is 1. The summed E-state index contributed by atoms with van der Waals surface area (Å²) in [5.41, 5.74) is -2.68. The maximum atomic E-state index is 14.8. The van der Waals surface area contributed by atoms with Crippen molar-refractivity contribution in [1.29, 1.82) is 0 Å². The lowest BCUT2D eigenvalue weighted by Gasteiger charge is -2.34. The number of pyridine rings is 2. The predicted molar refractivity (Wildman–Crippen MR) is 411 cm³/mol. The average molecular weight is 1640 g/mol. The van der Waals surface area contributed by atoms with E-state index in [1.165, 1.54) is 12.0 Å². The van der Waals surface area contributed by atoms with Gasteiger partial charge in [0.2, 0.25) is 29.5 Å². The van der Waals surface area contributed by atoms with E-state index in [2.05, 4.69) is 24.0 Å². The van der Waals surface area contributed by atoms with Crippen LogP contribution in [0.15, 0.2) is 48.5 Å². The van der Waals surface area contributed by atoms with Gasteiger partial charge in [-0.05, 0) is 168 Å². The molecule has 29 nitrogen and oxygen atoms in total. The third-order valence-electron chi connectivity index (χ3n) is 21.7. The van der Waals surface area contributed by atoms with E-state index in [4.69, 9.17) is 70.0 Å². The molecule has 4 saturated carbocycles.